The third-order valence-corrected chi connectivity index (χ3v) is 4.43. The number of methoxy groups -OCH3 is 1. The minimum atomic E-state index is -0.162. The number of hydrogen-bond acceptors (Lipinski definition) is 8. The SMILES string of the molecule is COc1ccc(-c2noc(CCCC(=O)Nc3cc4c(cc3N)OCO4)n2)cc1.Cl. The van der Waals surface area contributed by atoms with Gasteiger partial charge < -0.3 is 29.8 Å². The molecule has 30 heavy (non-hydrogen) atoms. The van der Waals surface area contributed by atoms with E-state index in [1.165, 1.54) is 0 Å². The van der Waals surface area contributed by atoms with Gasteiger partial charge in [0.15, 0.2) is 11.5 Å². The molecule has 1 aliphatic heterocycles. The number of hydrogen-bond donors (Lipinski definition) is 2. The molecule has 2 heterocycles. The summed E-state index contributed by atoms with van der Waals surface area (Å²) in [7, 11) is 1.61. The summed E-state index contributed by atoms with van der Waals surface area (Å²) in [6.07, 6.45) is 1.34. The number of carbonyl (C=O) groups is 1. The minimum Gasteiger partial charge on any atom is -0.497 e. The van der Waals surface area contributed by atoms with Crippen molar-refractivity contribution in [2.24, 2.45) is 0 Å². The van der Waals surface area contributed by atoms with Crippen LogP contribution >= 0.6 is 12.4 Å². The third kappa shape index (κ3) is 4.74. The number of fused-ring (bicyclic) bond motifs is 1. The minimum absolute atomic E-state index is 0. The van der Waals surface area contributed by atoms with Crippen LogP contribution in [-0.2, 0) is 11.2 Å². The van der Waals surface area contributed by atoms with Crippen LogP contribution in [0.2, 0.25) is 0 Å². The molecule has 0 bridgehead atoms. The summed E-state index contributed by atoms with van der Waals surface area (Å²) in [5.74, 6) is 2.71. The molecule has 4 rings (SSSR count). The van der Waals surface area contributed by atoms with Gasteiger partial charge in [-0.15, -0.1) is 12.4 Å². The molecule has 0 saturated heterocycles. The van der Waals surface area contributed by atoms with Crippen molar-refractivity contribution in [3.05, 3.63) is 42.3 Å². The van der Waals surface area contributed by atoms with Gasteiger partial charge in [0.2, 0.25) is 24.4 Å². The largest absolute Gasteiger partial charge is 0.497 e. The van der Waals surface area contributed by atoms with E-state index in [2.05, 4.69) is 15.5 Å². The fourth-order valence-corrected chi connectivity index (χ4v) is 2.89. The van der Waals surface area contributed by atoms with Crippen molar-refractivity contribution in [1.82, 2.24) is 10.1 Å². The lowest BCUT2D eigenvalue weighted by atomic mass is 10.2. The van der Waals surface area contributed by atoms with E-state index in [0.717, 1.165) is 11.3 Å². The molecule has 158 valence electrons. The lowest BCUT2D eigenvalue weighted by Crippen LogP contribution is -2.13. The number of nitrogen functional groups attached to an aromatic ring is 1. The molecule has 0 unspecified atom stereocenters. The lowest BCUT2D eigenvalue weighted by Gasteiger charge is -2.09. The molecule has 2 aromatic carbocycles. The van der Waals surface area contributed by atoms with E-state index < -0.39 is 0 Å². The standard InChI is InChI=1S/C20H20N4O5.ClH/c1-26-13-7-5-12(6-8-13)20-23-19(29-24-20)4-2-3-18(25)22-15-10-17-16(9-14(15)21)27-11-28-17;/h5-10H,2-4,11,21H2,1H3,(H,22,25);1H. The molecule has 3 aromatic rings. The van der Waals surface area contributed by atoms with E-state index in [-0.39, 0.29) is 31.5 Å². The quantitative estimate of drug-likeness (QED) is 0.544. The predicted molar refractivity (Wildman–Crippen MR) is 112 cm³/mol. The third-order valence-electron chi connectivity index (χ3n) is 4.43. The number of halogens is 1. The van der Waals surface area contributed by atoms with Gasteiger partial charge in [0.25, 0.3) is 0 Å². The van der Waals surface area contributed by atoms with Crippen molar-refractivity contribution >= 4 is 29.7 Å². The second kappa shape index (κ2) is 9.36. The number of aromatic nitrogens is 2. The topological polar surface area (TPSA) is 122 Å². The Bertz CT molecular complexity index is 1020. The van der Waals surface area contributed by atoms with Crippen molar-refractivity contribution in [3.8, 4) is 28.6 Å². The van der Waals surface area contributed by atoms with E-state index >= 15 is 0 Å². The van der Waals surface area contributed by atoms with E-state index in [9.17, 15) is 4.79 Å². The Hall–Kier alpha value is -3.46. The van der Waals surface area contributed by atoms with Crippen molar-refractivity contribution in [2.75, 3.05) is 25.0 Å². The zero-order valence-electron chi connectivity index (χ0n) is 16.2. The zero-order valence-corrected chi connectivity index (χ0v) is 17.0. The summed E-state index contributed by atoms with van der Waals surface area (Å²) in [5, 5.41) is 6.77. The fourth-order valence-electron chi connectivity index (χ4n) is 2.89. The number of anilines is 2. The molecule has 0 fully saturated rings. The van der Waals surface area contributed by atoms with Crippen LogP contribution in [0.1, 0.15) is 18.7 Å². The second-order valence-electron chi connectivity index (χ2n) is 6.43. The molecule has 0 saturated carbocycles. The van der Waals surface area contributed by atoms with Crippen LogP contribution in [0.3, 0.4) is 0 Å². The number of ether oxygens (including phenoxy) is 3. The molecular formula is C20H21ClN4O5. The fraction of sp³-hybridized carbons (Fsp3) is 0.250. The number of aryl methyl sites for hydroxylation is 1. The molecule has 3 N–H and O–H groups in total. The molecular weight excluding hydrogens is 412 g/mol. The highest BCUT2D eigenvalue weighted by atomic mass is 35.5. The maximum Gasteiger partial charge on any atom is 0.231 e. The van der Waals surface area contributed by atoms with E-state index in [1.807, 2.05) is 24.3 Å². The molecule has 9 nitrogen and oxygen atoms in total. The Morgan fingerprint density at radius 3 is 2.67 bits per heavy atom. The number of rotatable bonds is 7. The second-order valence-corrected chi connectivity index (χ2v) is 6.43. The molecule has 1 aromatic heterocycles. The summed E-state index contributed by atoms with van der Waals surface area (Å²) in [4.78, 5) is 16.6. The molecule has 0 aliphatic carbocycles. The van der Waals surface area contributed by atoms with Gasteiger partial charge in [-0.3, -0.25) is 4.79 Å². The number of nitrogens with zero attached hydrogens (tertiary/aromatic N) is 2. The van der Waals surface area contributed by atoms with Gasteiger partial charge in [-0.2, -0.15) is 4.98 Å². The first-order valence-electron chi connectivity index (χ1n) is 9.08. The van der Waals surface area contributed by atoms with Crippen LogP contribution < -0.4 is 25.3 Å². The predicted octanol–water partition coefficient (Wildman–Crippen LogP) is 3.44. The van der Waals surface area contributed by atoms with Crippen molar-refractivity contribution < 1.29 is 23.5 Å². The molecule has 0 atom stereocenters. The Morgan fingerprint density at radius 1 is 1.20 bits per heavy atom. The van der Waals surface area contributed by atoms with Crippen LogP contribution in [0.15, 0.2) is 40.9 Å². The first kappa shape index (κ1) is 21.3. The van der Waals surface area contributed by atoms with Gasteiger partial charge in [-0.1, -0.05) is 5.16 Å². The molecule has 1 aliphatic rings. The maximum absolute atomic E-state index is 12.2. The van der Waals surface area contributed by atoms with Gasteiger partial charge in [0.1, 0.15) is 5.75 Å². The van der Waals surface area contributed by atoms with Gasteiger partial charge >= 0.3 is 0 Å². The van der Waals surface area contributed by atoms with Crippen LogP contribution in [-0.4, -0.2) is 30.0 Å². The average Bonchev–Trinajstić information content (AvgIpc) is 3.37. The van der Waals surface area contributed by atoms with Crippen molar-refractivity contribution in [2.45, 2.75) is 19.3 Å². The molecule has 0 spiro atoms. The highest BCUT2D eigenvalue weighted by Crippen LogP contribution is 2.38. The first-order chi connectivity index (χ1) is 14.1. The van der Waals surface area contributed by atoms with Crippen LogP contribution in [0.4, 0.5) is 11.4 Å². The smallest absolute Gasteiger partial charge is 0.231 e. The summed E-state index contributed by atoms with van der Waals surface area (Å²) >= 11 is 0. The number of carbonyl (C=O) groups excluding carboxylic acids is 1. The molecule has 10 heteroatoms. The highest BCUT2D eigenvalue weighted by Gasteiger charge is 2.17. The Morgan fingerprint density at radius 2 is 1.93 bits per heavy atom. The monoisotopic (exact) mass is 432 g/mol. The van der Waals surface area contributed by atoms with Gasteiger partial charge in [0.05, 0.1) is 18.5 Å². The summed E-state index contributed by atoms with van der Waals surface area (Å²) < 4.78 is 21.0. The highest BCUT2D eigenvalue weighted by molar-refractivity contribution is 5.94. The van der Waals surface area contributed by atoms with E-state index in [1.54, 1.807) is 19.2 Å². The summed E-state index contributed by atoms with van der Waals surface area (Å²) in [5.41, 5.74) is 7.70. The first-order valence-corrected chi connectivity index (χ1v) is 9.08. The van der Waals surface area contributed by atoms with Gasteiger partial charge in [0, 0.05) is 30.5 Å². The summed E-state index contributed by atoms with van der Waals surface area (Å²) in [6, 6.07) is 10.7. The van der Waals surface area contributed by atoms with Crippen molar-refractivity contribution in [3.63, 3.8) is 0 Å². The Kier molecular flexibility index (Phi) is 6.63. The van der Waals surface area contributed by atoms with Crippen LogP contribution in [0, 0.1) is 0 Å². The van der Waals surface area contributed by atoms with Gasteiger partial charge in [-0.25, -0.2) is 0 Å². The van der Waals surface area contributed by atoms with E-state index in [0.29, 0.717) is 47.4 Å². The average molecular weight is 433 g/mol. The van der Waals surface area contributed by atoms with Gasteiger partial charge in [-0.05, 0) is 30.7 Å². The normalized spacial score (nSPS) is 11.6. The maximum atomic E-state index is 12.2. The van der Waals surface area contributed by atoms with Crippen LogP contribution in [0.25, 0.3) is 11.4 Å². The Labute approximate surface area is 178 Å². The van der Waals surface area contributed by atoms with Crippen molar-refractivity contribution in [1.29, 1.82) is 0 Å². The molecule has 0 radical (unpaired) electrons. The number of nitrogens with two attached hydrogens (primary N) is 1. The van der Waals surface area contributed by atoms with Crippen LogP contribution in [0.5, 0.6) is 17.2 Å². The lowest BCUT2D eigenvalue weighted by molar-refractivity contribution is -0.116. The number of amides is 1. The molecule has 1 amide bonds. The Balaban J connectivity index is 0.00000256. The van der Waals surface area contributed by atoms with E-state index in [4.69, 9.17) is 24.5 Å². The zero-order chi connectivity index (χ0) is 20.2. The number of benzene rings is 2. The summed E-state index contributed by atoms with van der Waals surface area (Å²) in [6.45, 7) is 0.148. The number of nitrogens with one attached hydrogen (secondary N) is 1.